The van der Waals surface area contributed by atoms with Crippen molar-refractivity contribution < 1.29 is 4.79 Å². The van der Waals surface area contributed by atoms with Gasteiger partial charge in [0.05, 0.1) is 5.54 Å². The molecule has 0 fully saturated rings. The second-order valence-corrected chi connectivity index (χ2v) is 6.19. The Hall–Kier alpha value is -1.91. The number of nitrogens with one attached hydrogen (secondary N) is 2. The Morgan fingerprint density at radius 3 is 2.41 bits per heavy atom. The number of halogens is 1. The van der Waals surface area contributed by atoms with E-state index in [-0.39, 0.29) is 5.91 Å². The molecule has 2 N–H and O–H groups in total. The molecule has 0 radical (unpaired) electrons. The Morgan fingerprint density at radius 2 is 1.82 bits per heavy atom. The van der Waals surface area contributed by atoms with Gasteiger partial charge in [0.25, 0.3) is 5.91 Å². The predicted molar refractivity (Wildman–Crippen MR) is 93.4 cm³/mol. The van der Waals surface area contributed by atoms with Gasteiger partial charge in [0, 0.05) is 10.0 Å². The van der Waals surface area contributed by atoms with Crippen molar-refractivity contribution in [2.75, 3.05) is 0 Å². The second kappa shape index (κ2) is 7.38. The van der Waals surface area contributed by atoms with Crippen LogP contribution in [0.4, 0.5) is 0 Å². The largest absolute Gasteiger partial charge is 0.287 e. The first-order valence-electron chi connectivity index (χ1n) is 7.05. The molecule has 3 nitrogen and oxygen atoms in total. The Morgan fingerprint density at radius 1 is 1.18 bits per heavy atom. The molecule has 0 saturated heterocycles. The van der Waals surface area contributed by atoms with E-state index in [9.17, 15) is 4.79 Å². The minimum absolute atomic E-state index is 0.159. The number of amides is 1. The van der Waals surface area contributed by atoms with Gasteiger partial charge in [-0.2, -0.15) is 0 Å². The summed E-state index contributed by atoms with van der Waals surface area (Å²) in [7, 11) is 0. The molecule has 0 spiro atoms. The van der Waals surface area contributed by atoms with E-state index < -0.39 is 5.54 Å². The Bertz CT molecular complexity index is 640. The minimum atomic E-state index is -0.424. The average molecular weight is 359 g/mol. The quantitative estimate of drug-likeness (QED) is 0.600. The standard InChI is InChI=1S/C18H19BrN2O/c1-3-13-18(2,15-9-11-16(19)12-10-15)21-20-17(22)14-7-5-4-6-8-14/h3-12,21H,1,13H2,2H3,(H,20,22). The van der Waals surface area contributed by atoms with E-state index >= 15 is 0 Å². The lowest BCUT2D eigenvalue weighted by molar-refractivity contribution is 0.0907. The lowest BCUT2D eigenvalue weighted by atomic mass is 9.89. The van der Waals surface area contributed by atoms with Crippen molar-refractivity contribution in [3.63, 3.8) is 0 Å². The van der Waals surface area contributed by atoms with E-state index in [0.717, 1.165) is 10.0 Å². The van der Waals surface area contributed by atoms with Gasteiger partial charge in [0.2, 0.25) is 0 Å². The third kappa shape index (κ3) is 4.06. The maximum atomic E-state index is 12.2. The number of benzene rings is 2. The predicted octanol–water partition coefficient (Wildman–Crippen LogP) is 4.18. The van der Waals surface area contributed by atoms with Gasteiger partial charge >= 0.3 is 0 Å². The first-order chi connectivity index (χ1) is 10.5. The van der Waals surface area contributed by atoms with Gasteiger partial charge < -0.3 is 0 Å². The second-order valence-electron chi connectivity index (χ2n) is 5.28. The summed E-state index contributed by atoms with van der Waals surface area (Å²) in [6.07, 6.45) is 2.52. The summed E-state index contributed by atoms with van der Waals surface area (Å²) in [6.45, 7) is 5.84. The Kier molecular flexibility index (Phi) is 5.52. The molecule has 0 heterocycles. The van der Waals surface area contributed by atoms with Crippen molar-refractivity contribution in [2.24, 2.45) is 0 Å². The molecule has 0 aliphatic heterocycles. The van der Waals surface area contributed by atoms with E-state index in [0.29, 0.717) is 12.0 Å². The summed E-state index contributed by atoms with van der Waals surface area (Å²) in [5.74, 6) is -0.159. The zero-order valence-corrected chi connectivity index (χ0v) is 14.1. The van der Waals surface area contributed by atoms with Crippen LogP contribution in [0.25, 0.3) is 0 Å². The minimum Gasteiger partial charge on any atom is -0.287 e. The van der Waals surface area contributed by atoms with Crippen LogP contribution in [0.15, 0.2) is 71.7 Å². The van der Waals surface area contributed by atoms with Gasteiger partial charge in [-0.25, -0.2) is 5.43 Å². The summed E-state index contributed by atoms with van der Waals surface area (Å²) in [4.78, 5) is 12.2. The highest BCUT2D eigenvalue weighted by molar-refractivity contribution is 9.10. The summed E-state index contributed by atoms with van der Waals surface area (Å²) < 4.78 is 1.02. The molecule has 22 heavy (non-hydrogen) atoms. The first-order valence-corrected chi connectivity index (χ1v) is 7.84. The van der Waals surface area contributed by atoms with Crippen molar-refractivity contribution >= 4 is 21.8 Å². The molecule has 0 bridgehead atoms. The molecule has 0 aliphatic carbocycles. The van der Waals surface area contributed by atoms with Crippen LogP contribution in [-0.4, -0.2) is 5.91 Å². The van der Waals surface area contributed by atoms with E-state index in [1.54, 1.807) is 12.1 Å². The number of hydrogen-bond acceptors (Lipinski definition) is 2. The molecule has 2 aromatic carbocycles. The molecule has 1 unspecified atom stereocenters. The average Bonchev–Trinajstić information content (AvgIpc) is 2.54. The zero-order chi connectivity index (χ0) is 16.0. The van der Waals surface area contributed by atoms with Crippen LogP contribution in [0, 0.1) is 0 Å². The normalized spacial score (nSPS) is 13.2. The number of carbonyl (C=O) groups excluding carboxylic acids is 1. The molecule has 0 saturated carbocycles. The number of hydrogen-bond donors (Lipinski definition) is 2. The van der Waals surface area contributed by atoms with E-state index in [1.165, 1.54) is 0 Å². The summed E-state index contributed by atoms with van der Waals surface area (Å²) in [5, 5.41) is 0. The van der Waals surface area contributed by atoms with Crippen LogP contribution in [0.3, 0.4) is 0 Å². The SMILES string of the molecule is C=CCC(C)(NNC(=O)c1ccccc1)c1ccc(Br)cc1. The van der Waals surface area contributed by atoms with Crippen LogP contribution in [0.1, 0.15) is 29.3 Å². The van der Waals surface area contributed by atoms with Gasteiger partial charge in [-0.3, -0.25) is 10.2 Å². The summed E-state index contributed by atoms with van der Waals surface area (Å²) in [5.41, 5.74) is 7.20. The Balaban J connectivity index is 2.13. The summed E-state index contributed by atoms with van der Waals surface area (Å²) >= 11 is 3.43. The van der Waals surface area contributed by atoms with Gasteiger partial charge in [0.1, 0.15) is 0 Å². The molecule has 4 heteroatoms. The van der Waals surface area contributed by atoms with Crippen molar-refractivity contribution in [1.29, 1.82) is 0 Å². The molecule has 2 aromatic rings. The molecule has 1 atom stereocenters. The highest BCUT2D eigenvalue weighted by Crippen LogP contribution is 2.26. The molecular weight excluding hydrogens is 340 g/mol. The summed E-state index contributed by atoms with van der Waals surface area (Å²) in [6, 6.07) is 17.1. The van der Waals surface area contributed by atoms with Crippen LogP contribution >= 0.6 is 15.9 Å². The van der Waals surface area contributed by atoms with E-state index in [1.807, 2.05) is 55.5 Å². The fraction of sp³-hybridized carbons (Fsp3) is 0.167. The Labute approximate surface area is 139 Å². The third-order valence-electron chi connectivity index (χ3n) is 3.52. The van der Waals surface area contributed by atoms with Crippen molar-refractivity contribution in [1.82, 2.24) is 10.9 Å². The maximum Gasteiger partial charge on any atom is 0.265 e. The van der Waals surface area contributed by atoms with Gasteiger partial charge in [-0.1, -0.05) is 52.3 Å². The van der Waals surface area contributed by atoms with Crippen molar-refractivity contribution in [3.05, 3.63) is 82.9 Å². The van der Waals surface area contributed by atoms with Crippen LogP contribution in [-0.2, 0) is 5.54 Å². The van der Waals surface area contributed by atoms with Gasteiger partial charge in [-0.15, -0.1) is 6.58 Å². The molecule has 2 rings (SSSR count). The van der Waals surface area contributed by atoms with E-state index in [4.69, 9.17) is 0 Å². The van der Waals surface area contributed by atoms with Crippen LogP contribution < -0.4 is 10.9 Å². The van der Waals surface area contributed by atoms with E-state index in [2.05, 4.69) is 33.4 Å². The molecular formula is C18H19BrN2O. The highest BCUT2D eigenvalue weighted by Gasteiger charge is 2.25. The lowest BCUT2D eigenvalue weighted by Gasteiger charge is -2.30. The monoisotopic (exact) mass is 358 g/mol. The van der Waals surface area contributed by atoms with Gasteiger partial charge in [-0.05, 0) is 43.2 Å². The molecule has 114 valence electrons. The number of carbonyl (C=O) groups is 1. The van der Waals surface area contributed by atoms with Gasteiger partial charge in [0.15, 0.2) is 0 Å². The molecule has 1 amide bonds. The smallest absolute Gasteiger partial charge is 0.265 e. The number of hydrazine groups is 1. The fourth-order valence-corrected chi connectivity index (χ4v) is 2.47. The van der Waals surface area contributed by atoms with Crippen molar-refractivity contribution in [2.45, 2.75) is 18.9 Å². The zero-order valence-electron chi connectivity index (χ0n) is 12.5. The lowest BCUT2D eigenvalue weighted by Crippen LogP contribution is -2.50. The molecule has 0 aromatic heterocycles. The fourth-order valence-electron chi connectivity index (χ4n) is 2.20. The highest BCUT2D eigenvalue weighted by atomic mass is 79.9. The van der Waals surface area contributed by atoms with Crippen LogP contribution in [0.2, 0.25) is 0 Å². The number of rotatable bonds is 6. The third-order valence-corrected chi connectivity index (χ3v) is 4.05. The molecule has 0 aliphatic rings. The van der Waals surface area contributed by atoms with Crippen molar-refractivity contribution in [3.8, 4) is 0 Å². The topological polar surface area (TPSA) is 41.1 Å². The van der Waals surface area contributed by atoms with Crippen LogP contribution in [0.5, 0.6) is 0 Å². The maximum absolute atomic E-state index is 12.2. The first kappa shape index (κ1) is 16.5.